The molecule has 0 N–H and O–H groups in total. The number of hydrogen-bond donors (Lipinski definition) is 0. The molecular weight excluding hydrogens is 199 g/mol. The van der Waals surface area contributed by atoms with Crippen LogP contribution in [0.15, 0.2) is 41.7 Å². The van der Waals surface area contributed by atoms with E-state index in [1.807, 2.05) is 13.8 Å². The minimum absolute atomic E-state index is 0.915. The summed E-state index contributed by atoms with van der Waals surface area (Å²) in [6, 6.07) is 10.8. The van der Waals surface area contributed by atoms with Crippen molar-refractivity contribution in [2.24, 2.45) is 0 Å². The smallest absolute Gasteiger partial charge is 0.0230 e. The van der Waals surface area contributed by atoms with Crippen molar-refractivity contribution in [1.29, 1.82) is 0 Å². The maximum Gasteiger partial charge on any atom is -0.0230 e. The lowest BCUT2D eigenvalue weighted by Crippen LogP contribution is -1.95. The molecule has 82 valence electrons. The summed E-state index contributed by atoms with van der Waals surface area (Å²) in [5, 5.41) is 3.15. The van der Waals surface area contributed by atoms with E-state index in [-0.39, 0.29) is 0 Å². The zero-order valence-corrected chi connectivity index (χ0v) is 10.8. The van der Waals surface area contributed by atoms with Crippen molar-refractivity contribution >= 4 is 13.9 Å². The van der Waals surface area contributed by atoms with Gasteiger partial charge in [-0.2, -0.15) is 0 Å². The van der Waals surface area contributed by atoms with Gasteiger partial charge in [0.1, 0.15) is 0 Å². The molecule has 0 bridgehead atoms. The van der Waals surface area contributed by atoms with Gasteiger partial charge in [-0.1, -0.05) is 58.8 Å². The fraction of sp³-hybridized carbons (Fsp3) is 0.429. The molecule has 1 aromatic carbocycles. The van der Waals surface area contributed by atoms with E-state index in [0.717, 1.165) is 8.58 Å². The number of rotatable bonds is 2. The SMILES string of the molecule is C1=C(Pc2ccccc2)CCCC1.CC. The molecule has 0 aliphatic heterocycles. The second-order valence-electron chi connectivity index (χ2n) is 3.47. The molecular formula is C14H21P. The van der Waals surface area contributed by atoms with Crippen molar-refractivity contribution in [3.63, 3.8) is 0 Å². The average Bonchev–Trinajstić information content (AvgIpc) is 2.34. The summed E-state index contributed by atoms with van der Waals surface area (Å²) >= 11 is 0. The topological polar surface area (TPSA) is 0 Å². The van der Waals surface area contributed by atoms with Gasteiger partial charge >= 0.3 is 0 Å². The van der Waals surface area contributed by atoms with Gasteiger partial charge in [-0.3, -0.25) is 0 Å². The second-order valence-corrected chi connectivity index (χ2v) is 4.94. The molecule has 1 atom stereocenters. The third-order valence-corrected chi connectivity index (χ3v) is 3.77. The van der Waals surface area contributed by atoms with Crippen molar-refractivity contribution < 1.29 is 0 Å². The largest absolute Gasteiger partial charge is 0.0808 e. The van der Waals surface area contributed by atoms with Crippen LogP contribution in [0.5, 0.6) is 0 Å². The third-order valence-electron chi connectivity index (χ3n) is 2.37. The lowest BCUT2D eigenvalue weighted by molar-refractivity contribution is 0.723. The summed E-state index contributed by atoms with van der Waals surface area (Å²) in [6.45, 7) is 4.00. The van der Waals surface area contributed by atoms with E-state index in [9.17, 15) is 0 Å². The normalized spacial score (nSPS) is 15.7. The van der Waals surface area contributed by atoms with Crippen molar-refractivity contribution in [3.8, 4) is 0 Å². The number of allylic oxidation sites excluding steroid dienone is 2. The Balaban J connectivity index is 0.000000531. The van der Waals surface area contributed by atoms with E-state index in [0.29, 0.717) is 0 Å². The maximum atomic E-state index is 2.44. The summed E-state index contributed by atoms with van der Waals surface area (Å²) in [4.78, 5) is 0. The van der Waals surface area contributed by atoms with Crippen molar-refractivity contribution in [3.05, 3.63) is 41.7 Å². The van der Waals surface area contributed by atoms with Crippen LogP contribution in [0.1, 0.15) is 39.5 Å². The van der Waals surface area contributed by atoms with E-state index in [1.165, 1.54) is 31.0 Å². The monoisotopic (exact) mass is 220 g/mol. The Morgan fingerprint density at radius 3 is 2.33 bits per heavy atom. The zero-order valence-electron chi connectivity index (χ0n) is 9.79. The second kappa shape index (κ2) is 7.65. The molecule has 0 radical (unpaired) electrons. The molecule has 15 heavy (non-hydrogen) atoms. The average molecular weight is 220 g/mol. The van der Waals surface area contributed by atoms with Crippen LogP contribution in [0, 0.1) is 0 Å². The predicted octanol–water partition coefficient (Wildman–Crippen LogP) is 4.47. The van der Waals surface area contributed by atoms with Gasteiger partial charge in [-0.15, -0.1) is 0 Å². The van der Waals surface area contributed by atoms with Crippen LogP contribution in [-0.2, 0) is 0 Å². The zero-order chi connectivity index (χ0) is 10.9. The Morgan fingerprint density at radius 2 is 1.73 bits per heavy atom. The summed E-state index contributed by atoms with van der Waals surface area (Å²) in [7, 11) is 0.915. The molecule has 1 aliphatic rings. The fourth-order valence-electron chi connectivity index (χ4n) is 1.66. The first-order valence-electron chi connectivity index (χ1n) is 5.96. The summed E-state index contributed by atoms with van der Waals surface area (Å²) in [6.07, 6.45) is 7.85. The highest BCUT2D eigenvalue weighted by molar-refractivity contribution is 7.51. The van der Waals surface area contributed by atoms with Crippen molar-refractivity contribution in [1.82, 2.24) is 0 Å². The molecule has 0 nitrogen and oxygen atoms in total. The van der Waals surface area contributed by atoms with Gasteiger partial charge in [0, 0.05) is 0 Å². The molecule has 2 rings (SSSR count). The van der Waals surface area contributed by atoms with Crippen LogP contribution in [0.3, 0.4) is 0 Å². The first-order valence-corrected chi connectivity index (χ1v) is 6.96. The van der Waals surface area contributed by atoms with E-state index >= 15 is 0 Å². The van der Waals surface area contributed by atoms with Crippen LogP contribution in [-0.4, -0.2) is 0 Å². The first kappa shape index (κ1) is 12.5. The van der Waals surface area contributed by atoms with Gasteiger partial charge < -0.3 is 0 Å². The van der Waals surface area contributed by atoms with Gasteiger partial charge in [-0.05, 0) is 36.3 Å². The minimum atomic E-state index is 0.915. The van der Waals surface area contributed by atoms with E-state index in [1.54, 1.807) is 5.31 Å². The summed E-state index contributed by atoms with van der Waals surface area (Å²) in [5.74, 6) is 0. The Bertz CT molecular complexity index is 287. The molecule has 0 aromatic heterocycles. The molecule has 1 aliphatic carbocycles. The fourth-order valence-corrected chi connectivity index (χ4v) is 2.94. The maximum absolute atomic E-state index is 2.44. The van der Waals surface area contributed by atoms with Crippen molar-refractivity contribution in [2.45, 2.75) is 39.5 Å². The quantitative estimate of drug-likeness (QED) is 0.645. The molecule has 0 heterocycles. The van der Waals surface area contributed by atoms with Crippen LogP contribution < -0.4 is 5.30 Å². The molecule has 1 aromatic rings. The molecule has 1 heteroatoms. The lowest BCUT2D eigenvalue weighted by atomic mass is 10.1. The van der Waals surface area contributed by atoms with Crippen LogP contribution in [0.2, 0.25) is 0 Å². The number of benzene rings is 1. The summed E-state index contributed by atoms with van der Waals surface area (Å²) in [5.41, 5.74) is 0. The molecule has 0 saturated carbocycles. The predicted molar refractivity (Wildman–Crippen MR) is 72.3 cm³/mol. The molecule has 0 fully saturated rings. The van der Waals surface area contributed by atoms with Crippen LogP contribution >= 0.6 is 8.58 Å². The standard InChI is InChI=1S/C12H15P.C2H6/c1-3-7-11(8-4-1)13-12-9-5-2-6-10-12;1-2/h1,3-4,7-9,13H,2,5-6,10H2;1-2H3. The van der Waals surface area contributed by atoms with Gasteiger partial charge in [0.25, 0.3) is 0 Å². The minimum Gasteiger partial charge on any atom is -0.0808 e. The van der Waals surface area contributed by atoms with Gasteiger partial charge in [0.2, 0.25) is 0 Å². The molecule has 0 spiro atoms. The van der Waals surface area contributed by atoms with Gasteiger partial charge in [0.15, 0.2) is 0 Å². The van der Waals surface area contributed by atoms with Crippen molar-refractivity contribution in [2.75, 3.05) is 0 Å². The van der Waals surface area contributed by atoms with Crippen LogP contribution in [0.25, 0.3) is 0 Å². The Hall–Kier alpha value is -0.610. The van der Waals surface area contributed by atoms with E-state index in [2.05, 4.69) is 36.4 Å². The molecule has 0 saturated heterocycles. The lowest BCUT2D eigenvalue weighted by Gasteiger charge is -2.12. The first-order chi connectivity index (χ1) is 7.45. The Kier molecular flexibility index (Phi) is 6.36. The Morgan fingerprint density at radius 1 is 1.00 bits per heavy atom. The highest BCUT2D eigenvalue weighted by atomic mass is 31.1. The molecule has 1 unspecified atom stereocenters. The molecule has 0 amide bonds. The third kappa shape index (κ3) is 4.62. The highest BCUT2D eigenvalue weighted by Crippen LogP contribution is 2.31. The van der Waals surface area contributed by atoms with E-state index in [4.69, 9.17) is 0 Å². The van der Waals surface area contributed by atoms with E-state index < -0.39 is 0 Å². The Labute approximate surface area is 95.6 Å². The van der Waals surface area contributed by atoms with Crippen LogP contribution in [0.4, 0.5) is 0 Å². The van der Waals surface area contributed by atoms with Gasteiger partial charge in [-0.25, -0.2) is 0 Å². The highest BCUT2D eigenvalue weighted by Gasteiger charge is 2.03. The number of hydrogen-bond acceptors (Lipinski definition) is 0. The van der Waals surface area contributed by atoms with Gasteiger partial charge in [0.05, 0.1) is 0 Å². The summed E-state index contributed by atoms with van der Waals surface area (Å²) < 4.78 is 0.